The molecule has 0 aromatic carbocycles. The van der Waals surface area contributed by atoms with E-state index in [9.17, 15) is 8.78 Å². The molecule has 0 heterocycles. The fraction of sp³-hybridized carbons (Fsp3) is 0.556. The lowest BCUT2D eigenvalue weighted by atomic mass is 10.0. The Morgan fingerprint density at radius 3 is 2.33 bits per heavy atom. The predicted octanol–water partition coefficient (Wildman–Crippen LogP) is 2.17. The third-order valence-corrected chi connectivity index (χ3v) is 1.57. The van der Waals surface area contributed by atoms with Gasteiger partial charge in [0, 0.05) is 6.54 Å². The highest BCUT2D eigenvalue weighted by Crippen LogP contribution is 2.19. The summed E-state index contributed by atoms with van der Waals surface area (Å²) in [7, 11) is 3.51. The van der Waals surface area contributed by atoms with E-state index in [4.69, 9.17) is 0 Å². The van der Waals surface area contributed by atoms with E-state index >= 15 is 0 Å². The van der Waals surface area contributed by atoms with Crippen molar-refractivity contribution in [2.24, 2.45) is 5.92 Å². The lowest BCUT2D eigenvalue weighted by Crippen LogP contribution is -2.28. The highest BCUT2D eigenvalue weighted by Gasteiger charge is 2.22. The number of nitrogens with zero attached hydrogens (tertiary/aromatic N) is 1. The normalized spacial score (nSPS) is 15.8. The molecule has 0 radical (unpaired) electrons. The molecule has 1 nitrogen and oxygen atoms in total. The van der Waals surface area contributed by atoms with Crippen molar-refractivity contribution in [3.05, 3.63) is 25.1 Å². The molecule has 0 aliphatic heterocycles. The first-order chi connectivity index (χ1) is 5.49. The number of rotatable bonds is 5. The van der Waals surface area contributed by atoms with E-state index in [2.05, 4.69) is 13.2 Å². The summed E-state index contributed by atoms with van der Waals surface area (Å²) < 4.78 is 25.6. The van der Waals surface area contributed by atoms with Gasteiger partial charge in [0.1, 0.15) is 12.0 Å². The standard InChI is InChI=1S/C9H15F2N/c1-5-9(11)8(7(2)10)6-12(3)4/h5,8-9H,1-2,6H2,3-4H3. The van der Waals surface area contributed by atoms with Gasteiger partial charge in [0.05, 0.1) is 5.92 Å². The van der Waals surface area contributed by atoms with Crippen molar-refractivity contribution in [3.8, 4) is 0 Å². The monoisotopic (exact) mass is 175 g/mol. The number of alkyl halides is 1. The van der Waals surface area contributed by atoms with Crippen LogP contribution in [0.5, 0.6) is 0 Å². The zero-order valence-electron chi connectivity index (χ0n) is 7.56. The first-order valence-electron chi connectivity index (χ1n) is 3.74. The topological polar surface area (TPSA) is 3.24 Å². The van der Waals surface area contributed by atoms with Crippen LogP contribution in [0.15, 0.2) is 25.1 Å². The second-order valence-corrected chi connectivity index (χ2v) is 3.00. The van der Waals surface area contributed by atoms with Crippen LogP contribution in [0.1, 0.15) is 0 Å². The van der Waals surface area contributed by atoms with Gasteiger partial charge in [-0.1, -0.05) is 12.7 Å². The van der Waals surface area contributed by atoms with Crippen LogP contribution in [-0.4, -0.2) is 31.7 Å². The van der Waals surface area contributed by atoms with Crippen molar-refractivity contribution >= 4 is 0 Å². The third kappa shape index (κ3) is 3.62. The average molecular weight is 175 g/mol. The minimum absolute atomic E-state index is 0.308. The molecule has 0 aromatic heterocycles. The summed E-state index contributed by atoms with van der Waals surface area (Å²) in [5.41, 5.74) is 0. The Morgan fingerprint density at radius 2 is 2.08 bits per heavy atom. The number of halogens is 2. The van der Waals surface area contributed by atoms with Crippen molar-refractivity contribution in [1.29, 1.82) is 0 Å². The van der Waals surface area contributed by atoms with Crippen molar-refractivity contribution in [2.75, 3.05) is 20.6 Å². The van der Waals surface area contributed by atoms with E-state index in [0.29, 0.717) is 6.54 Å². The highest BCUT2D eigenvalue weighted by atomic mass is 19.1. The summed E-state index contributed by atoms with van der Waals surface area (Å²) >= 11 is 0. The largest absolute Gasteiger partial charge is 0.309 e. The fourth-order valence-electron chi connectivity index (χ4n) is 0.930. The molecule has 0 bridgehead atoms. The SMILES string of the molecule is C=CC(F)C(CN(C)C)C(=C)F. The van der Waals surface area contributed by atoms with E-state index in [-0.39, 0.29) is 0 Å². The van der Waals surface area contributed by atoms with Crippen LogP contribution in [0.25, 0.3) is 0 Å². The van der Waals surface area contributed by atoms with Gasteiger partial charge < -0.3 is 4.90 Å². The van der Waals surface area contributed by atoms with Crippen LogP contribution in [0.4, 0.5) is 8.78 Å². The molecule has 0 aliphatic carbocycles. The second kappa shape index (κ2) is 5.04. The summed E-state index contributed by atoms with van der Waals surface area (Å²) in [6.07, 6.45) is -0.260. The Hall–Kier alpha value is -0.700. The van der Waals surface area contributed by atoms with Gasteiger partial charge in [-0.05, 0) is 14.1 Å². The fourth-order valence-corrected chi connectivity index (χ4v) is 0.930. The maximum Gasteiger partial charge on any atom is 0.128 e. The zero-order chi connectivity index (χ0) is 9.72. The lowest BCUT2D eigenvalue weighted by Gasteiger charge is -2.20. The maximum absolute atomic E-state index is 13.0. The molecule has 12 heavy (non-hydrogen) atoms. The summed E-state index contributed by atoms with van der Waals surface area (Å²) in [4.78, 5) is 1.71. The van der Waals surface area contributed by atoms with Gasteiger partial charge in [0.15, 0.2) is 0 Å². The molecule has 0 saturated carbocycles. The molecule has 0 aromatic rings. The van der Waals surface area contributed by atoms with Crippen molar-refractivity contribution in [3.63, 3.8) is 0 Å². The molecule has 70 valence electrons. The Labute approximate surface area is 72.4 Å². The molecule has 0 N–H and O–H groups in total. The molecule has 0 fully saturated rings. The van der Waals surface area contributed by atoms with Gasteiger partial charge >= 0.3 is 0 Å². The van der Waals surface area contributed by atoms with Crippen LogP contribution in [0.3, 0.4) is 0 Å². The van der Waals surface area contributed by atoms with Crippen LogP contribution >= 0.6 is 0 Å². The lowest BCUT2D eigenvalue weighted by molar-refractivity contribution is 0.226. The van der Waals surface area contributed by atoms with E-state index in [0.717, 1.165) is 6.08 Å². The summed E-state index contributed by atoms with van der Waals surface area (Å²) in [5, 5.41) is 0. The zero-order valence-corrected chi connectivity index (χ0v) is 7.56. The molecule has 0 aliphatic rings. The van der Waals surface area contributed by atoms with Crippen molar-refractivity contribution < 1.29 is 8.78 Å². The average Bonchev–Trinajstić information content (AvgIpc) is 1.98. The van der Waals surface area contributed by atoms with Gasteiger partial charge in [-0.25, -0.2) is 8.78 Å². The van der Waals surface area contributed by atoms with E-state index in [1.165, 1.54) is 0 Å². The molecular formula is C9H15F2N. The Kier molecular flexibility index (Phi) is 4.74. The van der Waals surface area contributed by atoms with Gasteiger partial charge in [0.2, 0.25) is 0 Å². The number of hydrogen-bond donors (Lipinski definition) is 0. The molecule has 3 heteroatoms. The third-order valence-electron chi connectivity index (χ3n) is 1.57. The molecule has 2 unspecified atom stereocenters. The Balaban J connectivity index is 4.22. The van der Waals surface area contributed by atoms with Crippen LogP contribution < -0.4 is 0 Å². The maximum atomic E-state index is 13.0. The molecular weight excluding hydrogens is 160 g/mol. The van der Waals surface area contributed by atoms with Crippen LogP contribution in [0, 0.1) is 5.92 Å². The van der Waals surface area contributed by atoms with Gasteiger partial charge in [0.25, 0.3) is 0 Å². The minimum atomic E-state index is -1.36. The van der Waals surface area contributed by atoms with E-state index in [1.807, 2.05) is 0 Å². The molecule has 0 rings (SSSR count). The molecule has 0 spiro atoms. The summed E-state index contributed by atoms with van der Waals surface area (Å²) in [6, 6.07) is 0. The second-order valence-electron chi connectivity index (χ2n) is 3.00. The first-order valence-corrected chi connectivity index (χ1v) is 3.74. The Bertz CT molecular complexity index is 166. The quantitative estimate of drug-likeness (QED) is 0.579. The number of hydrogen-bond acceptors (Lipinski definition) is 1. The van der Waals surface area contributed by atoms with Gasteiger partial charge in [-0.15, -0.1) is 6.58 Å². The van der Waals surface area contributed by atoms with E-state index in [1.54, 1.807) is 19.0 Å². The summed E-state index contributed by atoms with van der Waals surface area (Å²) in [6.45, 7) is 6.67. The first kappa shape index (κ1) is 11.3. The van der Waals surface area contributed by atoms with Crippen LogP contribution in [0.2, 0.25) is 0 Å². The minimum Gasteiger partial charge on any atom is -0.309 e. The highest BCUT2D eigenvalue weighted by molar-refractivity contribution is 5.00. The van der Waals surface area contributed by atoms with Crippen molar-refractivity contribution in [2.45, 2.75) is 6.17 Å². The van der Waals surface area contributed by atoms with Gasteiger partial charge in [-0.3, -0.25) is 0 Å². The summed E-state index contributed by atoms with van der Waals surface area (Å²) in [5.74, 6) is -1.42. The predicted molar refractivity (Wildman–Crippen MR) is 47.4 cm³/mol. The van der Waals surface area contributed by atoms with Gasteiger partial charge in [-0.2, -0.15) is 0 Å². The van der Waals surface area contributed by atoms with Crippen LogP contribution in [-0.2, 0) is 0 Å². The molecule has 2 atom stereocenters. The molecule has 0 amide bonds. The van der Waals surface area contributed by atoms with Crippen molar-refractivity contribution in [1.82, 2.24) is 4.90 Å². The van der Waals surface area contributed by atoms with E-state index < -0.39 is 17.9 Å². The smallest absolute Gasteiger partial charge is 0.128 e. The molecule has 0 saturated heterocycles. The number of allylic oxidation sites excluding steroid dienone is 1. The Morgan fingerprint density at radius 1 is 1.58 bits per heavy atom.